The van der Waals surface area contributed by atoms with Gasteiger partial charge in [0.05, 0.1) is 0 Å². The third-order valence-corrected chi connectivity index (χ3v) is 1.71. The maximum atomic E-state index is 8.63. The van der Waals surface area contributed by atoms with Crippen molar-refractivity contribution < 1.29 is 10.6 Å². The second-order valence-electron chi connectivity index (χ2n) is 2.84. The second-order valence-corrected chi connectivity index (χ2v) is 2.84. The Morgan fingerprint density at radius 2 is 1.29 bits per heavy atom. The fourth-order valence-corrected chi connectivity index (χ4v) is 1.03. The Bertz CT molecular complexity index is 201. The monoisotopic (exact) mass is 198 g/mol. The highest BCUT2D eigenvalue weighted by Crippen LogP contribution is 2.02. The summed E-state index contributed by atoms with van der Waals surface area (Å²) in [5.41, 5.74) is 0. The summed E-state index contributed by atoms with van der Waals surface area (Å²) >= 11 is 0. The van der Waals surface area contributed by atoms with Crippen molar-refractivity contribution in [1.29, 1.82) is 0 Å². The Morgan fingerprint density at radius 1 is 0.857 bits per heavy atom. The molecule has 0 unspecified atom stereocenters. The molecule has 0 amide bonds. The summed E-state index contributed by atoms with van der Waals surface area (Å²) in [6, 6.07) is 8.71. The first-order valence-electron chi connectivity index (χ1n) is 4.55. The molecule has 1 aromatic rings. The summed E-state index contributed by atoms with van der Waals surface area (Å²) in [4.78, 5) is 0. The lowest BCUT2D eigenvalue weighted by atomic mass is 10.3. The number of aromatic hydroxyl groups is 1. The number of phenolic OH excluding ortho intramolecular Hbond substituents is 1. The smallest absolute Gasteiger partial charge is 0.115 e. The molecule has 1 aromatic carbocycles. The highest BCUT2D eigenvalue weighted by atomic mass is 16.3. The van der Waals surface area contributed by atoms with Crippen LogP contribution >= 0.6 is 0 Å². The van der Waals surface area contributed by atoms with Gasteiger partial charge in [-0.25, -0.2) is 0 Å². The van der Waals surface area contributed by atoms with Crippen LogP contribution in [0, 0.1) is 0 Å². The van der Waals surface area contributed by atoms with Crippen LogP contribution in [0.1, 0.15) is 0 Å². The van der Waals surface area contributed by atoms with Crippen molar-refractivity contribution in [1.82, 2.24) is 10.6 Å². The number of piperazine rings is 1. The quantitative estimate of drug-likeness (QED) is 0.538. The molecule has 4 heteroatoms. The molecular weight excluding hydrogens is 180 g/mol. The van der Waals surface area contributed by atoms with Crippen LogP contribution in [0.15, 0.2) is 30.3 Å². The minimum atomic E-state index is 0. The van der Waals surface area contributed by atoms with Gasteiger partial charge in [0, 0.05) is 26.2 Å². The Morgan fingerprint density at radius 3 is 1.50 bits per heavy atom. The topological polar surface area (TPSA) is 75.8 Å². The number of benzene rings is 1. The lowest BCUT2D eigenvalue weighted by Gasteiger charge is -2.11. The van der Waals surface area contributed by atoms with Crippen LogP contribution in [-0.2, 0) is 0 Å². The normalized spacial score (nSPS) is 14.6. The summed E-state index contributed by atoms with van der Waals surface area (Å²) in [6.07, 6.45) is 0. The maximum Gasteiger partial charge on any atom is 0.115 e. The molecule has 4 nitrogen and oxygen atoms in total. The fourth-order valence-electron chi connectivity index (χ4n) is 1.03. The Balaban J connectivity index is 0.000000227. The van der Waals surface area contributed by atoms with Crippen molar-refractivity contribution in [2.45, 2.75) is 0 Å². The summed E-state index contributed by atoms with van der Waals surface area (Å²) in [5, 5.41) is 15.1. The lowest BCUT2D eigenvalue weighted by molar-refractivity contribution is 0.475. The average molecular weight is 198 g/mol. The highest BCUT2D eigenvalue weighted by Gasteiger charge is 1.91. The van der Waals surface area contributed by atoms with Crippen LogP contribution in [0.25, 0.3) is 0 Å². The molecule has 1 aliphatic rings. The van der Waals surface area contributed by atoms with Gasteiger partial charge < -0.3 is 21.2 Å². The van der Waals surface area contributed by atoms with Gasteiger partial charge in [0.15, 0.2) is 0 Å². The predicted molar refractivity (Wildman–Crippen MR) is 57.5 cm³/mol. The average Bonchev–Trinajstić information content (AvgIpc) is 2.22. The van der Waals surface area contributed by atoms with Crippen LogP contribution < -0.4 is 10.6 Å². The van der Waals surface area contributed by atoms with Gasteiger partial charge in [-0.05, 0) is 12.1 Å². The Hall–Kier alpha value is -1.10. The van der Waals surface area contributed by atoms with E-state index >= 15 is 0 Å². The summed E-state index contributed by atoms with van der Waals surface area (Å²) in [7, 11) is 0. The van der Waals surface area contributed by atoms with E-state index in [1.54, 1.807) is 24.3 Å². The van der Waals surface area contributed by atoms with Crippen LogP contribution in [0.5, 0.6) is 5.75 Å². The molecule has 0 atom stereocenters. The van der Waals surface area contributed by atoms with Gasteiger partial charge in [-0.2, -0.15) is 0 Å². The number of phenols is 1. The molecule has 0 saturated carbocycles. The van der Waals surface area contributed by atoms with E-state index in [4.69, 9.17) is 5.11 Å². The van der Waals surface area contributed by atoms with Crippen molar-refractivity contribution in [2.24, 2.45) is 0 Å². The summed E-state index contributed by atoms with van der Waals surface area (Å²) < 4.78 is 0. The van der Waals surface area contributed by atoms with E-state index in [0.717, 1.165) is 26.2 Å². The number of rotatable bonds is 0. The number of hydrogen-bond acceptors (Lipinski definition) is 3. The van der Waals surface area contributed by atoms with Crippen molar-refractivity contribution in [2.75, 3.05) is 26.2 Å². The van der Waals surface area contributed by atoms with E-state index in [-0.39, 0.29) is 5.48 Å². The molecule has 1 aliphatic heterocycles. The number of hydrogen-bond donors (Lipinski definition) is 3. The highest BCUT2D eigenvalue weighted by molar-refractivity contribution is 5.18. The first-order valence-corrected chi connectivity index (χ1v) is 4.55. The second kappa shape index (κ2) is 8.50. The van der Waals surface area contributed by atoms with Gasteiger partial charge in [-0.1, -0.05) is 18.2 Å². The molecule has 5 N–H and O–H groups in total. The molecular formula is C10H18N2O2. The predicted octanol–water partition coefficient (Wildman–Crippen LogP) is -0.253. The molecule has 1 fully saturated rings. The van der Waals surface area contributed by atoms with Gasteiger partial charge in [0.25, 0.3) is 0 Å². The third kappa shape index (κ3) is 6.42. The first-order chi connectivity index (χ1) is 6.39. The molecule has 0 radical (unpaired) electrons. The summed E-state index contributed by atoms with van der Waals surface area (Å²) in [5.74, 6) is 0.322. The maximum absolute atomic E-state index is 8.63. The molecule has 1 heterocycles. The largest absolute Gasteiger partial charge is 0.508 e. The van der Waals surface area contributed by atoms with Crippen molar-refractivity contribution in [3.05, 3.63) is 30.3 Å². The summed E-state index contributed by atoms with van der Waals surface area (Å²) in [6.45, 7) is 4.56. The van der Waals surface area contributed by atoms with Gasteiger partial charge in [-0.3, -0.25) is 0 Å². The SMILES string of the molecule is C1CNCCN1.O.Oc1ccccc1. The number of nitrogens with one attached hydrogen (secondary N) is 2. The first kappa shape index (κ1) is 12.9. The van der Waals surface area contributed by atoms with Crippen LogP contribution in [0.4, 0.5) is 0 Å². The van der Waals surface area contributed by atoms with Crippen LogP contribution in [0.3, 0.4) is 0 Å². The zero-order valence-electron chi connectivity index (χ0n) is 8.16. The van der Waals surface area contributed by atoms with E-state index in [1.165, 1.54) is 0 Å². The minimum Gasteiger partial charge on any atom is -0.508 e. The Labute approximate surface area is 84.3 Å². The van der Waals surface area contributed by atoms with Crippen molar-refractivity contribution >= 4 is 0 Å². The van der Waals surface area contributed by atoms with Crippen molar-refractivity contribution in [3.63, 3.8) is 0 Å². The fraction of sp³-hybridized carbons (Fsp3) is 0.400. The molecule has 2 rings (SSSR count). The zero-order valence-corrected chi connectivity index (χ0v) is 8.16. The molecule has 1 saturated heterocycles. The van der Waals surface area contributed by atoms with E-state index in [1.807, 2.05) is 6.07 Å². The van der Waals surface area contributed by atoms with Crippen LogP contribution in [0.2, 0.25) is 0 Å². The molecule has 80 valence electrons. The van der Waals surface area contributed by atoms with Gasteiger partial charge in [0.1, 0.15) is 5.75 Å². The molecule has 0 aromatic heterocycles. The van der Waals surface area contributed by atoms with E-state index in [2.05, 4.69) is 10.6 Å². The van der Waals surface area contributed by atoms with E-state index < -0.39 is 0 Å². The van der Waals surface area contributed by atoms with Gasteiger partial charge in [0.2, 0.25) is 0 Å². The minimum absolute atomic E-state index is 0. The molecule has 14 heavy (non-hydrogen) atoms. The third-order valence-electron chi connectivity index (χ3n) is 1.71. The Kier molecular flexibility index (Phi) is 7.83. The van der Waals surface area contributed by atoms with Gasteiger partial charge in [-0.15, -0.1) is 0 Å². The van der Waals surface area contributed by atoms with E-state index in [0.29, 0.717) is 5.75 Å². The lowest BCUT2D eigenvalue weighted by Crippen LogP contribution is -2.39. The molecule has 0 bridgehead atoms. The molecule has 0 spiro atoms. The standard InChI is InChI=1S/C6H6O.C4H10N2.H2O/c7-6-4-2-1-3-5-6;1-2-6-4-3-5-1;/h1-5,7H;5-6H,1-4H2;1H2. The van der Waals surface area contributed by atoms with Crippen molar-refractivity contribution in [3.8, 4) is 5.75 Å². The van der Waals surface area contributed by atoms with Crippen LogP contribution in [-0.4, -0.2) is 36.8 Å². The molecule has 0 aliphatic carbocycles. The zero-order chi connectivity index (χ0) is 9.36. The number of para-hydroxylation sites is 1. The van der Waals surface area contributed by atoms with E-state index in [9.17, 15) is 0 Å². The van der Waals surface area contributed by atoms with Gasteiger partial charge >= 0.3 is 0 Å².